The number of benzene rings is 2. The fourth-order valence-corrected chi connectivity index (χ4v) is 5.44. The molecule has 2 atom stereocenters. The zero-order valence-electron chi connectivity index (χ0n) is 17.3. The first-order valence-electron chi connectivity index (χ1n) is 10.0. The minimum atomic E-state index is -3.40. The Bertz CT molecular complexity index is 1130. The number of nitrogens with one attached hydrogen (secondary N) is 1. The summed E-state index contributed by atoms with van der Waals surface area (Å²) in [5.74, 6) is -0.282. The number of ether oxygens (including phenoxy) is 2. The molecule has 2 heterocycles. The Morgan fingerprint density at radius 3 is 2.77 bits per heavy atom. The molecule has 8 nitrogen and oxygen atoms in total. The molecule has 2 unspecified atom stereocenters. The average molecular weight is 445 g/mol. The molecule has 4 rings (SSSR count). The molecule has 2 aromatic carbocycles. The number of hydrogen-bond acceptors (Lipinski definition) is 6. The van der Waals surface area contributed by atoms with Gasteiger partial charge in [0.15, 0.2) is 6.61 Å². The molecule has 2 aliphatic heterocycles. The second-order valence-electron chi connectivity index (χ2n) is 7.83. The highest BCUT2D eigenvalue weighted by Crippen LogP contribution is 2.35. The van der Waals surface area contributed by atoms with Crippen LogP contribution in [0.3, 0.4) is 0 Å². The zero-order valence-corrected chi connectivity index (χ0v) is 18.1. The summed E-state index contributed by atoms with van der Waals surface area (Å²) >= 11 is 0. The molecule has 9 heteroatoms. The zero-order chi connectivity index (χ0) is 22.2. The van der Waals surface area contributed by atoms with Crippen LogP contribution >= 0.6 is 0 Å². The Morgan fingerprint density at radius 1 is 1.23 bits per heavy atom. The van der Waals surface area contributed by atoms with Gasteiger partial charge in [-0.3, -0.25) is 9.10 Å². The lowest BCUT2D eigenvalue weighted by Gasteiger charge is -2.26. The number of fused-ring (bicyclic) bond motifs is 2. The largest absolute Gasteiger partial charge is 0.493 e. The van der Waals surface area contributed by atoms with E-state index < -0.39 is 28.5 Å². The van der Waals surface area contributed by atoms with Gasteiger partial charge >= 0.3 is 5.97 Å². The molecule has 0 saturated heterocycles. The molecule has 1 N–H and O–H groups in total. The van der Waals surface area contributed by atoms with Gasteiger partial charge in [-0.2, -0.15) is 0 Å². The van der Waals surface area contributed by atoms with Crippen molar-refractivity contribution in [3.63, 3.8) is 0 Å². The first-order chi connectivity index (χ1) is 14.7. The molecule has 0 aromatic heterocycles. The Morgan fingerprint density at radius 2 is 2.00 bits per heavy atom. The van der Waals surface area contributed by atoms with E-state index in [4.69, 9.17) is 9.47 Å². The number of para-hydroxylation sites is 1. The second-order valence-corrected chi connectivity index (χ2v) is 9.69. The normalized spacial score (nSPS) is 19.7. The lowest BCUT2D eigenvalue weighted by molar-refractivity contribution is -0.125. The van der Waals surface area contributed by atoms with E-state index in [1.54, 1.807) is 12.1 Å². The van der Waals surface area contributed by atoms with Gasteiger partial charge in [-0.1, -0.05) is 18.2 Å². The number of amides is 1. The fraction of sp³-hybridized carbons (Fsp3) is 0.364. The van der Waals surface area contributed by atoms with Gasteiger partial charge in [0.05, 0.1) is 30.2 Å². The Balaban J connectivity index is 1.38. The van der Waals surface area contributed by atoms with Crippen LogP contribution in [0.5, 0.6) is 5.75 Å². The summed E-state index contributed by atoms with van der Waals surface area (Å²) in [7, 11) is -3.40. The molecule has 2 aromatic rings. The van der Waals surface area contributed by atoms with Crippen LogP contribution < -0.4 is 14.4 Å². The molecular weight excluding hydrogens is 420 g/mol. The molecule has 1 amide bonds. The Hall–Kier alpha value is -3.07. The lowest BCUT2D eigenvalue weighted by atomic mass is 10.0. The number of anilines is 1. The standard InChI is InChI=1S/C22H24N2O6S/c1-14-11-16-12-15(7-8-19(16)24(14)31(2,27)28)22(26)30-13-21(25)23-18-9-10-29-20-6-4-3-5-17(18)20/h3-8,12,14,18H,9-11,13H2,1-2H3,(H,23,25). The maximum atomic E-state index is 12.4. The number of carbonyl (C=O) groups is 2. The third-order valence-electron chi connectivity index (χ3n) is 5.45. The summed E-state index contributed by atoms with van der Waals surface area (Å²) in [6.45, 7) is 1.92. The molecule has 0 aliphatic carbocycles. The number of nitrogens with zero attached hydrogens (tertiary/aromatic N) is 1. The monoisotopic (exact) mass is 444 g/mol. The Kier molecular flexibility index (Phi) is 5.62. The predicted molar refractivity (Wildman–Crippen MR) is 115 cm³/mol. The number of sulfonamides is 1. The van der Waals surface area contributed by atoms with Crippen molar-refractivity contribution in [1.29, 1.82) is 0 Å². The SMILES string of the molecule is CC1Cc2cc(C(=O)OCC(=O)NC3CCOc4ccccc43)ccc2N1S(C)(=O)=O. The van der Waals surface area contributed by atoms with Crippen LogP contribution in [0.1, 0.15) is 40.9 Å². The summed E-state index contributed by atoms with van der Waals surface area (Å²) in [5, 5.41) is 2.88. The summed E-state index contributed by atoms with van der Waals surface area (Å²) in [6.07, 6.45) is 2.31. The molecule has 0 spiro atoms. The minimum Gasteiger partial charge on any atom is -0.493 e. The van der Waals surface area contributed by atoms with E-state index in [2.05, 4.69) is 5.32 Å². The van der Waals surface area contributed by atoms with Gasteiger partial charge < -0.3 is 14.8 Å². The summed E-state index contributed by atoms with van der Waals surface area (Å²) in [6, 6.07) is 11.9. The Labute approximate surface area is 181 Å². The maximum absolute atomic E-state index is 12.4. The van der Waals surface area contributed by atoms with Crippen molar-refractivity contribution in [3.8, 4) is 5.75 Å². The molecule has 164 valence electrons. The van der Waals surface area contributed by atoms with Crippen LogP contribution in [0.25, 0.3) is 0 Å². The highest BCUT2D eigenvalue weighted by molar-refractivity contribution is 7.92. The van der Waals surface area contributed by atoms with Crippen LogP contribution in [-0.4, -0.2) is 45.8 Å². The molecule has 31 heavy (non-hydrogen) atoms. The molecule has 0 bridgehead atoms. The maximum Gasteiger partial charge on any atom is 0.338 e. The van der Waals surface area contributed by atoms with Crippen molar-refractivity contribution in [1.82, 2.24) is 5.32 Å². The van der Waals surface area contributed by atoms with E-state index in [0.717, 1.165) is 23.1 Å². The number of carbonyl (C=O) groups excluding carboxylic acids is 2. The van der Waals surface area contributed by atoms with Gasteiger partial charge in [-0.25, -0.2) is 13.2 Å². The molecular formula is C22H24N2O6S. The third kappa shape index (κ3) is 4.36. The number of esters is 1. The molecule has 2 aliphatic rings. The summed E-state index contributed by atoms with van der Waals surface area (Å²) < 4.78 is 36.2. The van der Waals surface area contributed by atoms with Crippen LogP contribution in [0.15, 0.2) is 42.5 Å². The first-order valence-corrected chi connectivity index (χ1v) is 11.9. The number of rotatable bonds is 5. The van der Waals surface area contributed by atoms with E-state index in [0.29, 0.717) is 25.1 Å². The predicted octanol–water partition coefficient (Wildman–Crippen LogP) is 2.19. The van der Waals surface area contributed by atoms with Crippen molar-refractivity contribution < 1.29 is 27.5 Å². The minimum absolute atomic E-state index is 0.195. The van der Waals surface area contributed by atoms with Gasteiger partial charge in [0.2, 0.25) is 10.0 Å². The smallest absolute Gasteiger partial charge is 0.338 e. The van der Waals surface area contributed by atoms with Crippen LogP contribution in [-0.2, 0) is 26.0 Å². The van der Waals surface area contributed by atoms with E-state index in [9.17, 15) is 18.0 Å². The van der Waals surface area contributed by atoms with Crippen LogP contribution in [0.2, 0.25) is 0 Å². The third-order valence-corrected chi connectivity index (χ3v) is 6.72. The fourth-order valence-electron chi connectivity index (χ4n) is 4.18. The quantitative estimate of drug-likeness (QED) is 0.710. The van der Waals surface area contributed by atoms with Gasteiger partial charge in [0.1, 0.15) is 5.75 Å². The second kappa shape index (κ2) is 8.22. The topological polar surface area (TPSA) is 102 Å². The van der Waals surface area contributed by atoms with Crippen molar-refractivity contribution >= 4 is 27.6 Å². The van der Waals surface area contributed by atoms with Crippen molar-refractivity contribution in [2.45, 2.75) is 31.8 Å². The summed E-state index contributed by atoms with van der Waals surface area (Å²) in [4.78, 5) is 24.8. The molecule has 0 saturated carbocycles. The summed E-state index contributed by atoms with van der Waals surface area (Å²) in [5.41, 5.74) is 2.51. The highest BCUT2D eigenvalue weighted by Gasteiger charge is 2.33. The lowest BCUT2D eigenvalue weighted by Crippen LogP contribution is -2.35. The molecule has 0 radical (unpaired) electrons. The number of hydrogen-bond donors (Lipinski definition) is 1. The van der Waals surface area contributed by atoms with Crippen LogP contribution in [0, 0.1) is 0 Å². The van der Waals surface area contributed by atoms with E-state index in [1.807, 2.05) is 31.2 Å². The van der Waals surface area contributed by atoms with Crippen molar-refractivity contribution in [2.75, 3.05) is 23.8 Å². The van der Waals surface area contributed by atoms with Crippen molar-refractivity contribution in [3.05, 3.63) is 59.2 Å². The van der Waals surface area contributed by atoms with Gasteiger partial charge in [0.25, 0.3) is 5.91 Å². The van der Waals surface area contributed by atoms with Crippen molar-refractivity contribution in [2.24, 2.45) is 0 Å². The van der Waals surface area contributed by atoms with Gasteiger partial charge in [-0.15, -0.1) is 0 Å². The van der Waals surface area contributed by atoms with Gasteiger partial charge in [-0.05, 0) is 43.2 Å². The first kappa shape index (κ1) is 21.2. The molecule has 0 fully saturated rings. The van der Waals surface area contributed by atoms with Gasteiger partial charge in [0, 0.05) is 18.0 Å². The van der Waals surface area contributed by atoms with E-state index in [-0.39, 0.29) is 17.6 Å². The average Bonchev–Trinajstić information content (AvgIpc) is 3.07. The van der Waals surface area contributed by atoms with E-state index >= 15 is 0 Å². The van der Waals surface area contributed by atoms with E-state index in [1.165, 1.54) is 10.4 Å². The highest BCUT2D eigenvalue weighted by atomic mass is 32.2. The van der Waals surface area contributed by atoms with Crippen LogP contribution in [0.4, 0.5) is 5.69 Å².